The molecule has 6 aliphatic heterocycles. The zero-order valence-corrected chi connectivity index (χ0v) is 29.4. The largest absolute Gasteiger partial charge is 0.486 e. The van der Waals surface area contributed by atoms with Crippen molar-refractivity contribution in [1.82, 2.24) is 24.5 Å². The molecule has 4 fully saturated rings. The maximum Gasteiger partial charge on any atom is 0.410 e. The van der Waals surface area contributed by atoms with Crippen molar-refractivity contribution in [1.29, 1.82) is 0 Å². The highest BCUT2D eigenvalue weighted by Crippen LogP contribution is 2.36. The number of urea groups is 1. The molecule has 0 spiro atoms. The van der Waals surface area contributed by atoms with Crippen molar-refractivity contribution in [3.8, 4) is 11.5 Å². The normalized spacial score (nSPS) is 25.2. The van der Waals surface area contributed by atoms with E-state index in [4.69, 9.17) is 14.2 Å². The van der Waals surface area contributed by atoms with Gasteiger partial charge in [-0.25, -0.2) is 9.59 Å². The number of benzene rings is 2. The number of piperidine rings is 2. The quantitative estimate of drug-likeness (QED) is 0.490. The number of nitrogens with zero attached hydrogens (tertiary/aromatic N) is 5. The zero-order valence-electron chi connectivity index (χ0n) is 29.4. The lowest BCUT2D eigenvalue weighted by Gasteiger charge is -2.42. The first-order chi connectivity index (χ1) is 24.3. The maximum atomic E-state index is 14.2. The van der Waals surface area contributed by atoms with Gasteiger partial charge in [0, 0.05) is 82.1 Å². The second-order valence-electron chi connectivity index (χ2n) is 15.0. The third-order valence-electron chi connectivity index (χ3n) is 11.9. The number of rotatable bonds is 6. The van der Waals surface area contributed by atoms with E-state index in [9.17, 15) is 14.4 Å². The molecule has 4 amide bonds. The summed E-state index contributed by atoms with van der Waals surface area (Å²) in [5.74, 6) is 1.26. The summed E-state index contributed by atoms with van der Waals surface area (Å²) in [5, 5.41) is 3.06. The number of nitrogens with one attached hydrogen (secondary N) is 1. The molecule has 6 aliphatic rings. The van der Waals surface area contributed by atoms with Gasteiger partial charge in [-0.3, -0.25) is 9.69 Å². The molecule has 0 aromatic heterocycles. The first-order valence-corrected chi connectivity index (χ1v) is 18.6. The van der Waals surface area contributed by atoms with Crippen LogP contribution in [-0.4, -0.2) is 139 Å². The minimum Gasteiger partial charge on any atom is -0.486 e. The molecular weight excluding hydrogens is 636 g/mol. The van der Waals surface area contributed by atoms with E-state index < -0.39 is 12.2 Å². The second-order valence-corrected chi connectivity index (χ2v) is 15.0. The Morgan fingerprint density at radius 1 is 0.900 bits per heavy atom. The maximum absolute atomic E-state index is 14.2. The van der Waals surface area contributed by atoms with Crippen molar-refractivity contribution >= 4 is 23.7 Å². The van der Waals surface area contributed by atoms with Gasteiger partial charge < -0.3 is 39.1 Å². The van der Waals surface area contributed by atoms with Crippen molar-refractivity contribution in [3.05, 3.63) is 53.1 Å². The Labute approximate surface area is 294 Å². The van der Waals surface area contributed by atoms with Gasteiger partial charge in [0.1, 0.15) is 13.2 Å². The topological polar surface area (TPSA) is 107 Å². The summed E-state index contributed by atoms with van der Waals surface area (Å²) in [6.45, 7) is 8.08. The van der Waals surface area contributed by atoms with Crippen LogP contribution in [0.25, 0.3) is 0 Å². The van der Waals surface area contributed by atoms with E-state index >= 15 is 0 Å². The fourth-order valence-electron chi connectivity index (χ4n) is 9.17. The monoisotopic (exact) mass is 686 g/mol. The van der Waals surface area contributed by atoms with Gasteiger partial charge in [0.15, 0.2) is 17.6 Å². The number of carbonyl (C=O) groups excluding carboxylic acids is 3. The van der Waals surface area contributed by atoms with Crippen molar-refractivity contribution in [2.75, 3.05) is 71.4 Å². The van der Waals surface area contributed by atoms with Gasteiger partial charge in [-0.1, -0.05) is 24.3 Å². The van der Waals surface area contributed by atoms with Crippen LogP contribution in [0, 0.1) is 6.92 Å². The van der Waals surface area contributed by atoms with Gasteiger partial charge in [-0.05, 0) is 81.3 Å². The lowest BCUT2D eigenvalue weighted by molar-refractivity contribution is -0.142. The Bertz CT molecular complexity index is 1600. The van der Waals surface area contributed by atoms with Crippen LogP contribution >= 0.6 is 0 Å². The van der Waals surface area contributed by atoms with Crippen molar-refractivity contribution < 1.29 is 28.6 Å². The van der Waals surface area contributed by atoms with E-state index in [-0.39, 0.29) is 24.4 Å². The summed E-state index contributed by atoms with van der Waals surface area (Å²) in [6.07, 6.45) is 4.04. The van der Waals surface area contributed by atoms with Gasteiger partial charge in [0.2, 0.25) is 0 Å². The summed E-state index contributed by atoms with van der Waals surface area (Å²) in [4.78, 5) is 51.8. The number of anilines is 1. The van der Waals surface area contributed by atoms with Gasteiger partial charge in [-0.15, -0.1) is 0 Å². The third kappa shape index (κ3) is 6.59. The van der Waals surface area contributed by atoms with E-state index in [0.29, 0.717) is 82.7 Å². The molecule has 12 heteroatoms. The average Bonchev–Trinajstić information content (AvgIpc) is 3.67. The van der Waals surface area contributed by atoms with E-state index in [2.05, 4.69) is 28.2 Å². The fourth-order valence-corrected chi connectivity index (χ4v) is 9.17. The standard InChI is InChI=1S/C38H50N6O6/c1-25-19-26(20-33-35(25)49-18-17-48-33)21-34(36(45)41-12-8-29(9-13-41)44-24-30-22-31(44)23-40(30)2)50-38(47)42-14-10-28(11-15-42)43-16-7-27-5-3-4-6-32(27)39-37(43)46/h3-6,19-20,28-31,34H,7-18,21-24H2,1-2H3,(H,39,46)/t30?,31-,34?/m1/s1. The molecule has 1 N–H and O–H groups in total. The van der Waals surface area contributed by atoms with E-state index in [0.717, 1.165) is 60.5 Å². The number of fused-ring (bicyclic) bond motifs is 4. The number of ether oxygens (including phenoxy) is 3. The van der Waals surface area contributed by atoms with Crippen molar-refractivity contribution in [3.63, 3.8) is 0 Å². The van der Waals surface area contributed by atoms with Crippen molar-refractivity contribution in [2.45, 2.75) is 82.1 Å². The van der Waals surface area contributed by atoms with Crippen LogP contribution < -0.4 is 14.8 Å². The summed E-state index contributed by atoms with van der Waals surface area (Å²) < 4.78 is 17.9. The Hall–Kier alpha value is -4.03. The molecule has 12 nitrogen and oxygen atoms in total. The molecule has 4 saturated heterocycles. The minimum absolute atomic E-state index is 0.0269. The number of likely N-dealkylation sites (N-methyl/N-ethyl adjacent to an activating group) is 1. The van der Waals surface area contributed by atoms with Gasteiger partial charge in [-0.2, -0.15) is 0 Å². The van der Waals surface area contributed by atoms with Gasteiger partial charge in [0.25, 0.3) is 5.91 Å². The SMILES string of the molecule is Cc1cc(CC(OC(=O)N2CCC(N3CCc4ccccc4NC3=O)CC2)C(=O)N2CCC(N3CC4C[C@@H]3CN4C)CC2)cc2c1OCCO2. The molecule has 2 aromatic carbocycles. The molecule has 2 bridgehead atoms. The number of hydrogen-bond acceptors (Lipinski definition) is 8. The molecule has 0 aliphatic carbocycles. The number of hydrogen-bond donors (Lipinski definition) is 1. The number of piperazine rings is 1. The molecule has 8 rings (SSSR count). The van der Waals surface area contributed by atoms with Crippen LogP contribution in [-0.2, 0) is 22.4 Å². The molecule has 3 atom stereocenters. The van der Waals surface area contributed by atoms with E-state index in [1.54, 1.807) is 4.90 Å². The number of carbonyl (C=O) groups is 3. The Kier molecular flexibility index (Phi) is 9.24. The summed E-state index contributed by atoms with van der Waals surface area (Å²) in [6, 6.07) is 13.5. The first kappa shape index (κ1) is 33.1. The van der Waals surface area contributed by atoms with E-state index in [1.807, 2.05) is 47.1 Å². The lowest BCUT2D eigenvalue weighted by Crippen LogP contribution is -2.55. The van der Waals surface area contributed by atoms with Gasteiger partial charge >= 0.3 is 12.1 Å². The van der Waals surface area contributed by atoms with E-state index in [1.165, 1.54) is 6.42 Å². The van der Waals surface area contributed by atoms with Crippen LogP contribution in [0.4, 0.5) is 15.3 Å². The summed E-state index contributed by atoms with van der Waals surface area (Å²) >= 11 is 0. The Balaban J connectivity index is 0.919. The highest BCUT2D eigenvalue weighted by molar-refractivity contribution is 5.91. The molecule has 0 radical (unpaired) electrons. The van der Waals surface area contributed by atoms with Gasteiger partial charge in [0.05, 0.1) is 0 Å². The lowest BCUT2D eigenvalue weighted by atomic mass is 9.99. The summed E-state index contributed by atoms with van der Waals surface area (Å²) in [7, 11) is 2.23. The molecular formula is C38H50N6O6. The van der Waals surface area contributed by atoms with Crippen LogP contribution in [0.3, 0.4) is 0 Å². The fraction of sp³-hybridized carbons (Fsp3) is 0.605. The number of para-hydroxylation sites is 1. The number of amides is 4. The molecule has 2 aromatic rings. The van der Waals surface area contributed by atoms with Crippen molar-refractivity contribution in [2.24, 2.45) is 0 Å². The van der Waals surface area contributed by atoms with Crippen LogP contribution in [0.1, 0.15) is 48.8 Å². The minimum atomic E-state index is -0.954. The summed E-state index contributed by atoms with van der Waals surface area (Å²) in [5.41, 5.74) is 3.80. The zero-order chi connectivity index (χ0) is 34.4. The highest BCUT2D eigenvalue weighted by atomic mass is 16.6. The van der Waals surface area contributed by atoms with Crippen LogP contribution in [0.15, 0.2) is 36.4 Å². The van der Waals surface area contributed by atoms with Crippen LogP contribution in [0.5, 0.6) is 11.5 Å². The number of likely N-dealkylation sites (tertiary alicyclic amines) is 4. The highest BCUT2D eigenvalue weighted by Gasteiger charge is 2.45. The first-order valence-electron chi connectivity index (χ1n) is 18.6. The molecule has 6 heterocycles. The molecule has 268 valence electrons. The smallest absolute Gasteiger partial charge is 0.410 e. The Morgan fingerprint density at radius 2 is 1.64 bits per heavy atom. The molecule has 2 unspecified atom stereocenters. The van der Waals surface area contributed by atoms with Crippen LogP contribution in [0.2, 0.25) is 0 Å². The molecule has 0 saturated carbocycles. The predicted molar refractivity (Wildman–Crippen MR) is 188 cm³/mol. The predicted octanol–water partition coefficient (Wildman–Crippen LogP) is 3.75. The Morgan fingerprint density at radius 3 is 2.40 bits per heavy atom. The average molecular weight is 687 g/mol. The second kappa shape index (κ2) is 13.9. The number of aryl methyl sites for hydroxylation is 1. The third-order valence-corrected chi connectivity index (χ3v) is 11.9. The molecule has 50 heavy (non-hydrogen) atoms.